The van der Waals surface area contributed by atoms with E-state index in [4.69, 9.17) is 20.2 Å². The normalized spacial score (nSPS) is 13.3. The van der Waals surface area contributed by atoms with Crippen molar-refractivity contribution in [3.05, 3.63) is 22.0 Å². The molecule has 0 unspecified atom stereocenters. The van der Waals surface area contributed by atoms with Crippen LogP contribution < -0.4 is 20.5 Å². The lowest BCUT2D eigenvalue weighted by molar-refractivity contribution is 0.174. The molecule has 3 aromatic rings. The molecular formula is C20H25IN6O2S. The molecule has 0 amide bonds. The molecule has 0 bridgehead atoms. The summed E-state index contributed by atoms with van der Waals surface area (Å²) in [5.41, 5.74) is 7.61. The molecule has 3 heterocycles. The molecule has 0 radical (unpaired) electrons. The molecule has 0 saturated carbocycles. The maximum absolute atomic E-state index is 6.08. The Morgan fingerprint density at radius 1 is 1.20 bits per heavy atom. The quantitative estimate of drug-likeness (QED) is 0.342. The molecule has 0 fully saturated rings. The van der Waals surface area contributed by atoms with Gasteiger partial charge < -0.3 is 25.1 Å². The zero-order chi connectivity index (χ0) is 21.3. The van der Waals surface area contributed by atoms with E-state index in [0.717, 1.165) is 56.7 Å². The Kier molecular flexibility index (Phi) is 6.26. The number of halogens is 1. The van der Waals surface area contributed by atoms with Crippen molar-refractivity contribution in [3.8, 4) is 11.5 Å². The average molecular weight is 540 g/mol. The Hall–Kier alpha value is -1.79. The van der Waals surface area contributed by atoms with Crippen LogP contribution >= 0.6 is 34.4 Å². The lowest BCUT2D eigenvalue weighted by atomic mass is 10.1. The number of nitrogens with zero attached hydrogens (tertiary/aromatic N) is 4. The van der Waals surface area contributed by atoms with Crippen LogP contribution in [0.4, 0.5) is 5.82 Å². The Labute approximate surface area is 193 Å². The predicted molar refractivity (Wildman–Crippen MR) is 126 cm³/mol. The van der Waals surface area contributed by atoms with Gasteiger partial charge in [0.05, 0.1) is 0 Å². The van der Waals surface area contributed by atoms with E-state index in [-0.39, 0.29) is 12.3 Å². The molecule has 2 aromatic heterocycles. The number of fused-ring (bicyclic) bond motifs is 2. The van der Waals surface area contributed by atoms with Gasteiger partial charge in [0.1, 0.15) is 6.33 Å². The van der Waals surface area contributed by atoms with Crippen LogP contribution in [-0.2, 0) is 6.54 Å². The minimum absolute atomic E-state index is 0.125. The third-order valence-corrected chi connectivity index (χ3v) is 6.93. The van der Waals surface area contributed by atoms with Crippen LogP contribution in [-0.4, -0.2) is 38.4 Å². The summed E-state index contributed by atoms with van der Waals surface area (Å²) in [6.07, 6.45) is 3.56. The number of ether oxygens (including phenoxy) is 2. The van der Waals surface area contributed by atoms with E-state index >= 15 is 0 Å². The van der Waals surface area contributed by atoms with E-state index in [2.05, 4.69) is 63.2 Å². The Morgan fingerprint density at radius 3 is 2.73 bits per heavy atom. The standard InChI is InChI=1S/C20H25IN6O2S/c1-20(2,3)25-6-4-5-7-27-18-16(17(22)23-10-24-18)26-19(27)30-15-9-14-13(8-12(15)21)28-11-29-14/h8-10,25H,4-7,11H2,1-3H3,(H2,22,23,24). The number of hydrogen-bond donors (Lipinski definition) is 2. The van der Waals surface area contributed by atoms with E-state index in [1.54, 1.807) is 11.8 Å². The summed E-state index contributed by atoms with van der Waals surface area (Å²) >= 11 is 3.89. The minimum Gasteiger partial charge on any atom is -0.454 e. The fourth-order valence-corrected chi connectivity index (χ4v) is 4.86. The number of hydrogen-bond acceptors (Lipinski definition) is 8. The molecule has 0 saturated heterocycles. The van der Waals surface area contributed by atoms with Crippen molar-refractivity contribution < 1.29 is 9.47 Å². The Morgan fingerprint density at radius 2 is 1.97 bits per heavy atom. The summed E-state index contributed by atoms with van der Waals surface area (Å²) < 4.78 is 14.2. The van der Waals surface area contributed by atoms with Gasteiger partial charge in [0.2, 0.25) is 6.79 Å². The molecular weight excluding hydrogens is 515 g/mol. The van der Waals surface area contributed by atoms with Crippen LogP contribution in [0.15, 0.2) is 28.5 Å². The molecule has 1 aliphatic rings. The number of unbranched alkanes of at least 4 members (excludes halogenated alkanes) is 1. The molecule has 0 aliphatic carbocycles. The average Bonchev–Trinajstić information content (AvgIpc) is 3.26. The van der Waals surface area contributed by atoms with Crippen molar-refractivity contribution >= 4 is 51.3 Å². The van der Waals surface area contributed by atoms with Crippen LogP contribution in [0.5, 0.6) is 11.5 Å². The van der Waals surface area contributed by atoms with E-state index in [9.17, 15) is 0 Å². The summed E-state index contributed by atoms with van der Waals surface area (Å²) in [6, 6.07) is 3.99. The maximum atomic E-state index is 6.08. The molecule has 10 heteroatoms. The number of anilines is 1. The first-order chi connectivity index (χ1) is 14.3. The largest absolute Gasteiger partial charge is 0.454 e. The number of nitrogens with two attached hydrogens (primary N) is 1. The molecule has 1 aromatic carbocycles. The number of nitrogens with one attached hydrogen (secondary N) is 1. The van der Waals surface area contributed by atoms with Crippen LogP contribution in [0.25, 0.3) is 11.2 Å². The zero-order valence-corrected chi connectivity index (χ0v) is 20.2. The van der Waals surface area contributed by atoms with Gasteiger partial charge in [-0.25, -0.2) is 15.0 Å². The molecule has 1 aliphatic heterocycles. The van der Waals surface area contributed by atoms with E-state index in [1.807, 2.05) is 12.1 Å². The highest BCUT2D eigenvalue weighted by Gasteiger charge is 2.20. The van der Waals surface area contributed by atoms with Crippen molar-refractivity contribution in [1.29, 1.82) is 0 Å². The van der Waals surface area contributed by atoms with Gasteiger partial charge in [-0.3, -0.25) is 0 Å². The minimum atomic E-state index is 0.125. The molecule has 0 spiro atoms. The number of aromatic nitrogens is 4. The van der Waals surface area contributed by atoms with Crippen LogP contribution in [0.3, 0.4) is 0 Å². The second-order valence-electron chi connectivity index (χ2n) is 8.10. The molecule has 0 atom stereocenters. The van der Waals surface area contributed by atoms with Crippen LogP contribution in [0.1, 0.15) is 33.6 Å². The first-order valence-electron chi connectivity index (χ1n) is 9.80. The van der Waals surface area contributed by atoms with Crippen molar-refractivity contribution in [1.82, 2.24) is 24.8 Å². The highest BCUT2D eigenvalue weighted by molar-refractivity contribution is 14.1. The first kappa shape index (κ1) is 21.4. The summed E-state index contributed by atoms with van der Waals surface area (Å²) in [5.74, 6) is 1.93. The molecule has 4 rings (SSSR count). The number of imidazole rings is 1. The third-order valence-electron chi connectivity index (χ3n) is 4.62. The van der Waals surface area contributed by atoms with Gasteiger partial charge in [-0.2, -0.15) is 0 Å². The topological polar surface area (TPSA) is 100 Å². The maximum Gasteiger partial charge on any atom is 0.231 e. The number of rotatable bonds is 7. The fraction of sp³-hybridized carbons (Fsp3) is 0.450. The first-order valence-corrected chi connectivity index (χ1v) is 11.7. The second kappa shape index (κ2) is 8.75. The van der Waals surface area contributed by atoms with Gasteiger partial charge in [-0.1, -0.05) is 11.8 Å². The predicted octanol–water partition coefficient (Wildman–Crippen LogP) is 4.06. The van der Waals surface area contributed by atoms with E-state index in [1.165, 1.54) is 6.33 Å². The molecule has 30 heavy (non-hydrogen) atoms. The van der Waals surface area contributed by atoms with Crippen molar-refractivity contribution in [2.75, 3.05) is 19.1 Å². The van der Waals surface area contributed by atoms with Crippen molar-refractivity contribution in [2.24, 2.45) is 0 Å². The smallest absolute Gasteiger partial charge is 0.231 e. The monoisotopic (exact) mass is 540 g/mol. The van der Waals surface area contributed by atoms with E-state index in [0.29, 0.717) is 11.3 Å². The van der Waals surface area contributed by atoms with Gasteiger partial charge in [0.25, 0.3) is 0 Å². The summed E-state index contributed by atoms with van der Waals surface area (Å²) in [4.78, 5) is 14.4. The number of aryl methyl sites for hydroxylation is 1. The summed E-state index contributed by atoms with van der Waals surface area (Å²) in [7, 11) is 0. The third kappa shape index (κ3) is 4.75. The molecule has 3 N–H and O–H groups in total. The van der Waals surface area contributed by atoms with Gasteiger partial charge >= 0.3 is 0 Å². The lowest BCUT2D eigenvalue weighted by Gasteiger charge is -2.20. The molecule has 160 valence electrons. The molecule has 8 nitrogen and oxygen atoms in total. The van der Waals surface area contributed by atoms with E-state index < -0.39 is 0 Å². The van der Waals surface area contributed by atoms with Crippen LogP contribution in [0, 0.1) is 3.57 Å². The van der Waals surface area contributed by atoms with Gasteiger partial charge in [0.15, 0.2) is 33.6 Å². The lowest BCUT2D eigenvalue weighted by Crippen LogP contribution is -2.36. The highest BCUT2D eigenvalue weighted by Crippen LogP contribution is 2.41. The second-order valence-corrected chi connectivity index (χ2v) is 10.3. The number of benzene rings is 1. The number of nitrogen functional groups attached to an aromatic ring is 1. The highest BCUT2D eigenvalue weighted by atomic mass is 127. The Balaban J connectivity index is 1.58. The zero-order valence-electron chi connectivity index (χ0n) is 17.2. The van der Waals surface area contributed by atoms with Crippen molar-refractivity contribution in [3.63, 3.8) is 0 Å². The SMILES string of the molecule is CC(C)(C)NCCCCn1c(Sc2cc3c(cc2I)OCO3)nc2c(N)ncnc21. The fourth-order valence-electron chi connectivity index (χ4n) is 3.15. The summed E-state index contributed by atoms with van der Waals surface area (Å²) in [5, 5.41) is 4.38. The van der Waals surface area contributed by atoms with Gasteiger partial charge in [-0.05, 0) is 74.9 Å². The Bertz CT molecular complexity index is 1070. The summed E-state index contributed by atoms with van der Waals surface area (Å²) in [6.45, 7) is 8.57. The van der Waals surface area contributed by atoms with Crippen molar-refractivity contribution in [2.45, 2.75) is 55.7 Å². The van der Waals surface area contributed by atoms with Gasteiger partial charge in [0, 0.05) is 20.5 Å². The van der Waals surface area contributed by atoms with Gasteiger partial charge in [-0.15, -0.1) is 0 Å². The van der Waals surface area contributed by atoms with Crippen LogP contribution in [0.2, 0.25) is 0 Å².